The fourth-order valence-corrected chi connectivity index (χ4v) is 3.55. The van der Waals surface area contributed by atoms with Gasteiger partial charge in [-0.15, -0.1) is 0 Å². The average Bonchev–Trinajstić information content (AvgIpc) is 3.39. The van der Waals surface area contributed by atoms with Crippen LogP contribution >= 0.6 is 0 Å². The summed E-state index contributed by atoms with van der Waals surface area (Å²) in [7, 11) is 4.00. The first kappa shape index (κ1) is 27.0. The third-order valence-corrected chi connectivity index (χ3v) is 5.48. The van der Waals surface area contributed by atoms with Crippen LogP contribution in [0.4, 0.5) is 33.6 Å². The SMILES string of the molecule is C=CC(=O)Nc1cccc(N(C(=O)OCc2ccccc2)c2ccnc(Nc3cnn(CCN(C)C)c3)n2)c1. The van der Waals surface area contributed by atoms with Gasteiger partial charge in [-0.05, 0) is 43.9 Å². The number of likely N-dealkylation sites (N-methyl/N-ethyl adjacent to an activating group) is 1. The molecule has 0 spiro atoms. The van der Waals surface area contributed by atoms with E-state index in [9.17, 15) is 9.59 Å². The van der Waals surface area contributed by atoms with E-state index in [0.717, 1.165) is 18.7 Å². The first-order valence-corrected chi connectivity index (χ1v) is 12.2. The molecule has 200 valence electrons. The fourth-order valence-electron chi connectivity index (χ4n) is 3.55. The molecule has 4 rings (SSSR count). The number of rotatable bonds is 11. The minimum Gasteiger partial charge on any atom is -0.444 e. The Hall–Kier alpha value is -5.03. The molecule has 11 heteroatoms. The summed E-state index contributed by atoms with van der Waals surface area (Å²) in [5.41, 5.74) is 2.47. The molecule has 39 heavy (non-hydrogen) atoms. The molecule has 11 nitrogen and oxygen atoms in total. The van der Waals surface area contributed by atoms with Gasteiger partial charge < -0.3 is 20.3 Å². The molecule has 2 aromatic carbocycles. The van der Waals surface area contributed by atoms with Gasteiger partial charge in [0.15, 0.2) is 0 Å². The van der Waals surface area contributed by atoms with Gasteiger partial charge in [-0.25, -0.2) is 14.7 Å². The molecule has 0 atom stereocenters. The van der Waals surface area contributed by atoms with Gasteiger partial charge in [0.25, 0.3) is 0 Å². The Morgan fingerprint density at radius 3 is 2.67 bits per heavy atom. The molecule has 4 aromatic rings. The van der Waals surface area contributed by atoms with Gasteiger partial charge >= 0.3 is 6.09 Å². The topological polar surface area (TPSA) is 118 Å². The second-order valence-corrected chi connectivity index (χ2v) is 8.78. The molecule has 0 fully saturated rings. The summed E-state index contributed by atoms with van der Waals surface area (Å²) in [6.07, 6.45) is 5.61. The van der Waals surface area contributed by atoms with Crippen molar-refractivity contribution in [3.8, 4) is 0 Å². The van der Waals surface area contributed by atoms with Crippen LogP contribution in [0.5, 0.6) is 0 Å². The molecule has 2 heterocycles. The third-order valence-electron chi connectivity index (χ3n) is 5.48. The highest BCUT2D eigenvalue weighted by Crippen LogP contribution is 2.28. The van der Waals surface area contributed by atoms with Crippen molar-refractivity contribution in [3.63, 3.8) is 0 Å². The second-order valence-electron chi connectivity index (χ2n) is 8.78. The van der Waals surface area contributed by atoms with Crippen molar-refractivity contribution in [3.05, 3.63) is 97.5 Å². The van der Waals surface area contributed by atoms with Crippen LogP contribution in [-0.2, 0) is 22.7 Å². The highest BCUT2D eigenvalue weighted by molar-refractivity contribution is 6.00. The van der Waals surface area contributed by atoms with E-state index in [2.05, 4.69) is 37.2 Å². The maximum Gasteiger partial charge on any atom is 0.420 e. The quantitative estimate of drug-likeness (QED) is 0.273. The van der Waals surface area contributed by atoms with Crippen molar-refractivity contribution in [2.24, 2.45) is 0 Å². The Balaban J connectivity index is 1.60. The van der Waals surface area contributed by atoms with Crippen LogP contribution in [-0.4, -0.2) is 57.3 Å². The number of nitrogens with zero attached hydrogens (tertiary/aromatic N) is 6. The molecule has 0 unspecified atom stereocenters. The van der Waals surface area contributed by atoms with Crippen molar-refractivity contribution >= 4 is 40.8 Å². The zero-order valence-corrected chi connectivity index (χ0v) is 21.8. The molecule has 0 radical (unpaired) electrons. The van der Waals surface area contributed by atoms with Crippen LogP contribution in [0.25, 0.3) is 0 Å². The van der Waals surface area contributed by atoms with Gasteiger partial charge in [-0.3, -0.25) is 9.48 Å². The largest absolute Gasteiger partial charge is 0.444 e. The summed E-state index contributed by atoms with van der Waals surface area (Å²) in [4.78, 5) is 37.5. The monoisotopic (exact) mass is 526 g/mol. The fraction of sp³-hybridized carbons (Fsp3) is 0.179. The number of hydrogen-bond acceptors (Lipinski definition) is 8. The molecule has 2 amide bonds. The number of benzene rings is 2. The first-order chi connectivity index (χ1) is 18.9. The highest BCUT2D eigenvalue weighted by Gasteiger charge is 2.22. The standard InChI is InChI=1S/C28H30N8O3/c1-4-26(37)31-22-11-8-12-24(17-22)36(28(38)39-20-21-9-6-5-7-10-21)25-13-14-29-27(33-25)32-23-18-30-35(19-23)16-15-34(2)3/h4-14,17-19H,1,15-16,20H2,2-3H3,(H,31,37)(H,29,32,33). The number of carbonyl (C=O) groups is 2. The number of nitrogens with one attached hydrogen (secondary N) is 2. The number of amides is 2. The van der Waals surface area contributed by atoms with E-state index in [1.807, 2.05) is 55.3 Å². The summed E-state index contributed by atoms with van der Waals surface area (Å²) < 4.78 is 7.46. The minimum absolute atomic E-state index is 0.0748. The predicted molar refractivity (Wildman–Crippen MR) is 150 cm³/mol. The summed E-state index contributed by atoms with van der Waals surface area (Å²) in [5, 5.41) is 10.2. The maximum atomic E-state index is 13.4. The van der Waals surface area contributed by atoms with E-state index in [1.54, 1.807) is 42.7 Å². The smallest absolute Gasteiger partial charge is 0.420 e. The Morgan fingerprint density at radius 2 is 1.90 bits per heavy atom. The molecule has 2 N–H and O–H groups in total. The summed E-state index contributed by atoms with van der Waals surface area (Å²) >= 11 is 0. The van der Waals surface area contributed by atoms with Crippen molar-refractivity contribution < 1.29 is 14.3 Å². The zero-order valence-electron chi connectivity index (χ0n) is 21.8. The van der Waals surface area contributed by atoms with Crippen LogP contribution in [0.2, 0.25) is 0 Å². The lowest BCUT2D eigenvalue weighted by molar-refractivity contribution is -0.111. The van der Waals surface area contributed by atoms with E-state index in [-0.39, 0.29) is 24.3 Å². The molecule has 0 aliphatic heterocycles. The zero-order chi connectivity index (χ0) is 27.6. The van der Waals surface area contributed by atoms with Crippen LogP contribution in [0.1, 0.15) is 5.56 Å². The first-order valence-electron chi connectivity index (χ1n) is 12.2. The predicted octanol–water partition coefficient (Wildman–Crippen LogP) is 4.58. The Kier molecular flexibility index (Phi) is 8.99. The lowest BCUT2D eigenvalue weighted by atomic mass is 10.2. The van der Waals surface area contributed by atoms with Crippen molar-refractivity contribution in [1.29, 1.82) is 0 Å². The van der Waals surface area contributed by atoms with E-state index < -0.39 is 6.09 Å². The summed E-state index contributed by atoms with van der Waals surface area (Å²) in [6, 6.07) is 17.8. The van der Waals surface area contributed by atoms with E-state index in [0.29, 0.717) is 17.1 Å². The van der Waals surface area contributed by atoms with E-state index in [4.69, 9.17) is 4.74 Å². The van der Waals surface area contributed by atoms with Crippen molar-refractivity contribution in [2.45, 2.75) is 13.2 Å². The molecular weight excluding hydrogens is 496 g/mol. The average molecular weight is 527 g/mol. The van der Waals surface area contributed by atoms with Crippen LogP contribution in [0, 0.1) is 0 Å². The lowest BCUT2D eigenvalue weighted by Crippen LogP contribution is -2.28. The van der Waals surface area contributed by atoms with Crippen LogP contribution < -0.4 is 15.5 Å². The van der Waals surface area contributed by atoms with Gasteiger partial charge in [-0.1, -0.05) is 43.0 Å². The second kappa shape index (κ2) is 13.0. The number of hydrogen-bond donors (Lipinski definition) is 2. The summed E-state index contributed by atoms with van der Waals surface area (Å²) in [6.45, 7) is 5.13. The molecule has 0 saturated carbocycles. The number of anilines is 5. The summed E-state index contributed by atoms with van der Waals surface area (Å²) in [5.74, 6) is 0.180. The van der Waals surface area contributed by atoms with Gasteiger partial charge in [0.1, 0.15) is 12.4 Å². The van der Waals surface area contributed by atoms with E-state index >= 15 is 0 Å². The molecule has 0 aliphatic carbocycles. The Bertz CT molecular complexity index is 1420. The molecular formula is C28H30N8O3. The molecule has 0 bridgehead atoms. The van der Waals surface area contributed by atoms with Gasteiger partial charge in [-0.2, -0.15) is 10.1 Å². The van der Waals surface area contributed by atoms with Gasteiger partial charge in [0, 0.05) is 30.7 Å². The number of ether oxygens (including phenoxy) is 1. The number of aromatic nitrogens is 4. The Morgan fingerprint density at radius 1 is 1.08 bits per heavy atom. The Labute approximate surface area is 226 Å². The molecule has 0 saturated heterocycles. The molecule has 2 aromatic heterocycles. The normalized spacial score (nSPS) is 10.6. The van der Waals surface area contributed by atoms with E-state index in [1.165, 1.54) is 11.0 Å². The third kappa shape index (κ3) is 7.73. The van der Waals surface area contributed by atoms with Gasteiger partial charge in [0.05, 0.1) is 24.1 Å². The highest BCUT2D eigenvalue weighted by atomic mass is 16.6. The van der Waals surface area contributed by atoms with Crippen molar-refractivity contribution in [2.75, 3.05) is 36.2 Å². The molecule has 0 aliphatic rings. The maximum absolute atomic E-state index is 13.4. The number of carbonyl (C=O) groups excluding carboxylic acids is 2. The van der Waals surface area contributed by atoms with Crippen molar-refractivity contribution in [1.82, 2.24) is 24.6 Å². The lowest BCUT2D eigenvalue weighted by Gasteiger charge is -2.22. The van der Waals surface area contributed by atoms with Gasteiger partial charge in [0.2, 0.25) is 11.9 Å². The van der Waals surface area contributed by atoms with Crippen LogP contribution in [0.3, 0.4) is 0 Å². The van der Waals surface area contributed by atoms with Crippen LogP contribution in [0.15, 0.2) is 91.9 Å². The minimum atomic E-state index is -0.646.